The SMILES string of the molecule is COc1ccc(C2(CCN)CCN(C(=O)OC(C)(C)C)CC2)cc1. The molecule has 1 fully saturated rings. The molecule has 1 heterocycles. The van der Waals surface area contributed by atoms with E-state index in [4.69, 9.17) is 15.2 Å². The second-order valence-corrected chi connectivity index (χ2v) is 7.51. The van der Waals surface area contributed by atoms with Crippen molar-refractivity contribution in [1.29, 1.82) is 0 Å². The van der Waals surface area contributed by atoms with Gasteiger partial charge in [0, 0.05) is 13.1 Å². The number of rotatable bonds is 4. The van der Waals surface area contributed by atoms with Crippen LogP contribution >= 0.6 is 0 Å². The summed E-state index contributed by atoms with van der Waals surface area (Å²) in [6.45, 7) is 7.71. The molecule has 2 N–H and O–H groups in total. The van der Waals surface area contributed by atoms with E-state index in [1.807, 2.05) is 37.8 Å². The summed E-state index contributed by atoms with van der Waals surface area (Å²) in [7, 11) is 1.67. The van der Waals surface area contributed by atoms with Gasteiger partial charge in [0.15, 0.2) is 0 Å². The molecule has 1 aliphatic heterocycles. The molecular formula is C19H30N2O3. The lowest BCUT2D eigenvalue weighted by atomic mass is 9.70. The van der Waals surface area contributed by atoms with Crippen LogP contribution in [0.1, 0.15) is 45.6 Å². The summed E-state index contributed by atoms with van der Waals surface area (Å²) in [5, 5.41) is 0. The molecule has 0 radical (unpaired) electrons. The highest BCUT2D eigenvalue weighted by atomic mass is 16.6. The van der Waals surface area contributed by atoms with Crippen LogP contribution in [0, 0.1) is 0 Å². The lowest BCUT2D eigenvalue weighted by Gasteiger charge is -2.42. The summed E-state index contributed by atoms with van der Waals surface area (Å²) in [5.41, 5.74) is 6.73. The first-order chi connectivity index (χ1) is 11.3. The Kier molecular flexibility index (Phi) is 5.75. The van der Waals surface area contributed by atoms with E-state index in [1.165, 1.54) is 5.56 Å². The van der Waals surface area contributed by atoms with Gasteiger partial charge in [0.2, 0.25) is 0 Å². The molecule has 1 aromatic rings. The van der Waals surface area contributed by atoms with Crippen molar-refractivity contribution in [2.24, 2.45) is 5.73 Å². The van der Waals surface area contributed by atoms with Gasteiger partial charge in [0.05, 0.1) is 7.11 Å². The van der Waals surface area contributed by atoms with Crippen molar-refractivity contribution < 1.29 is 14.3 Å². The Labute approximate surface area is 145 Å². The molecule has 24 heavy (non-hydrogen) atoms. The maximum Gasteiger partial charge on any atom is 0.410 e. The fraction of sp³-hybridized carbons (Fsp3) is 0.632. The number of hydrogen-bond donors (Lipinski definition) is 1. The summed E-state index contributed by atoms with van der Waals surface area (Å²) in [6, 6.07) is 8.23. The van der Waals surface area contributed by atoms with E-state index in [2.05, 4.69) is 12.1 Å². The number of benzene rings is 1. The van der Waals surface area contributed by atoms with Crippen molar-refractivity contribution >= 4 is 6.09 Å². The van der Waals surface area contributed by atoms with Gasteiger partial charge in [-0.15, -0.1) is 0 Å². The van der Waals surface area contributed by atoms with Crippen LogP contribution in [0.2, 0.25) is 0 Å². The highest BCUT2D eigenvalue weighted by molar-refractivity contribution is 5.68. The van der Waals surface area contributed by atoms with Gasteiger partial charge in [0.25, 0.3) is 0 Å². The molecule has 2 rings (SSSR count). The van der Waals surface area contributed by atoms with E-state index in [9.17, 15) is 4.79 Å². The van der Waals surface area contributed by atoms with Gasteiger partial charge < -0.3 is 20.1 Å². The summed E-state index contributed by atoms with van der Waals surface area (Å²) >= 11 is 0. The lowest BCUT2D eigenvalue weighted by molar-refractivity contribution is 0.0160. The summed E-state index contributed by atoms with van der Waals surface area (Å²) < 4.78 is 10.7. The molecule has 1 amide bonds. The standard InChI is InChI=1S/C19H30N2O3/c1-18(2,3)24-17(22)21-13-10-19(9-12-20,11-14-21)15-5-7-16(23-4)8-6-15/h5-8H,9-14,20H2,1-4H3. The summed E-state index contributed by atoms with van der Waals surface area (Å²) in [4.78, 5) is 14.1. The van der Waals surface area contributed by atoms with Crippen molar-refractivity contribution in [2.75, 3.05) is 26.7 Å². The molecule has 0 saturated carbocycles. The largest absolute Gasteiger partial charge is 0.497 e. The molecular weight excluding hydrogens is 304 g/mol. The minimum absolute atomic E-state index is 0.0273. The number of nitrogens with zero attached hydrogens (tertiary/aromatic N) is 1. The Hall–Kier alpha value is -1.75. The zero-order valence-corrected chi connectivity index (χ0v) is 15.3. The fourth-order valence-corrected chi connectivity index (χ4v) is 3.35. The molecule has 5 heteroatoms. The number of methoxy groups -OCH3 is 1. The Morgan fingerprint density at radius 1 is 1.21 bits per heavy atom. The fourth-order valence-electron chi connectivity index (χ4n) is 3.35. The zero-order valence-electron chi connectivity index (χ0n) is 15.3. The molecule has 0 bridgehead atoms. The summed E-state index contributed by atoms with van der Waals surface area (Å²) in [5.74, 6) is 0.854. The molecule has 0 atom stereocenters. The van der Waals surface area contributed by atoms with Crippen molar-refractivity contribution in [2.45, 2.75) is 51.0 Å². The average molecular weight is 334 g/mol. The number of carbonyl (C=O) groups excluding carboxylic acids is 1. The first-order valence-electron chi connectivity index (χ1n) is 8.62. The maximum absolute atomic E-state index is 12.3. The Bertz CT molecular complexity index is 541. The van der Waals surface area contributed by atoms with Gasteiger partial charge in [-0.1, -0.05) is 12.1 Å². The second-order valence-electron chi connectivity index (χ2n) is 7.51. The number of piperidine rings is 1. The minimum Gasteiger partial charge on any atom is -0.497 e. The van der Waals surface area contributed by atoms with Crippen LogP contribution < -0.4 is 10.5 Å². The molecule has 5 nitrogen and oxygen atoms in total. The number of carbonyl (C=O) groups is 1. The topological polar surface area (TPSA) is 64.8 Å². The van der Waals surface area contributed by atoms with E-state index in [0.29, 0.717) is 19.6 Å². The van der Waals surface area contributed by atoms with Gasteiger partial charge in [-0.2, -0.15) is 0 Å². The van der Waals surface area contributed by atoms with E-state index < -0.39 is 5.60 Å². The summed E-state index contributed by atoms with van der Waals surface area (Å²) in [6.07, 6.45) is 2.49. The Morgan fingerprint density at radius 2 is 1.79 bits per heavy atom. The van der Waals surface area contributed by atoms with Crippen LogP contribution in [0.3, 0.4) is 0 Å². The third-order valence-electron chi connectivity index (χ3n) is 4.70. The Morgan fingerprint density at radius 3 is 2.25 bits per heavy atom. The first-order valence-corrected chi connectivity index (χ1v) is 8.62. The quantitative estimate of drug-likeness (QED) is 0.917. The number of ether oxygens (including phenoxy) is 2. The van der Waals surface area contributed by atoms with Crippen LogP contribution in [-0.2, 0) is 10.2 Å². The van der Waals surface area contributed by atoms with Crippen LogP contribution in [-0.4, -0.2) is 43.3 Å². The van der Waals surface area contributed by atoms with Crippen LogP contribution in [0.5, 0.6) is 5.75 Å². The van der Waals surface area contributed by atoms with Crippen LogP contribution in [0.4, 0.5) is 4.79 Å². The number of hydrogen-bond acceptors (Lipinski definition) is 4. The van der Waals surface area contributed by atoms with E-state index in [1.54, 1.807) is 7.11 Å². The van der Waals surface area contributed by atoms with Crippen molar-refractivity contribution in [3.8, 4) is 5.75 Å². The second kappa shape index (κ2) is 7.43. The molecule has 0 aliphatic carbocycles. The maximum atomic E-state index is 12.3. The highest BCUT2D eigenvalue weighted by Crippen LogP contribution is 2.39. The molecule has 1 saturated heterocycles. The predicted octanol–water partition coefficient (Wildman–Crippen LogP) is 3.31. The third-order valence-corrected chi connectivity index (χ3v) is 4.70. The van der Waals surface area contributed by atoms with Crippen molar-refractivity contribution in [1.82, 2.24) is 4.90 Å². The smallest absolute Gasteiger partial charge is 0.410 e. The zero-order chi connectivity index (χ0) is 17.8. The van der Waals surface area contributed by atoms with E-state index >= 15 is 0 Å². The molecule has 0 unspecified atom stereocenters. The van der Waals surface area contributed by atoms with Crippen LogP contribution in [0.15, 0.2) is 24.3 Å². The van der Waals surface area contributed by atoms with Gasteiger partial charge in [-0.25, -0.2) is 4.79 Å². The van der Waals surface area contributed by atoms with E-state index in [-0.39, 0.29) is 11.5 Å². The van der Waals surface area contributed by atoms with Crippen molar-refractivity contribution in [3.05, 3.63) is 29.8 Å². The van der Waals surface area contributed by atoms with Crippen molar-refractivity contribution in [3.63, 3.8) is 0 Å². The molecule has 0 aromatic heterocycles. The van der Waals surface area contributed by atoms with Gasteiger partial charge >= 0.3 is 6.09 Å². The first kappa shape index (κ1) is 18.6. The number of amides is 1. The molecule has 0 spiro atoms. The van der Waals surface area contributed by atoms with Crippen LogP contribution in [0.25, 0.3) is 0 Å². The lowest BCUT2D eigenvalue weighted by Crippen LogP contribution is -2.47. The number of likely N-dealkylation sites (tertiary alicyclic amines) is 1. The van der Waals surface area contributed by atoms with Gasteiger partial charge in [0.1, 0.15) is 11.4 Å². The molecule has 1 aromatic carbocycles. The Balaban J connectivity index is 2.09. The average Bonchev–Trinajstić information content (AvgIpc) is 2.54. The normalized spacial score (nSPS) is 17.5. The molecule has 134 valence electrons. The highest BCUT2D eigenvalue weighted by Gasteiger charge is 2.37. The van der Waals surface area contributed by atoms with Gasteiger partial charge in [-0.05, 0) is 69.7 Å². The minimum atomic E-state index is -0.459. The monoisotopic (exact) mass is 334 g/mol. The van der Waals surface area contributed by atoms with E-state index in [0.717, 1.165) is 25.0 Å². The van der Waals surface area contributed by atoms with Gasteiger partial charge in [-0.3, -0.25) is 0 Å². The number of nitrogens with two attached hydrogens (primary N) is 1. The molecule has 1 aliphatic rings. The predicted molar refractivity (Wildman–Crippen MR) is 95.4 cm³/mol. The third kappa shape index (κ3) is 4.41.